The lowest BCUT2D eigenvalue weighted by molar-refractivity contribution is -0.123. The highest BCUT2D eigenvalue weighted by molar-refractivity contribution is 6.31. The van der Waals surface area contributed by atoms with Gasteiger partial charge in [0.25, 0.3) is 5.56 Å². The van der Waals surface area contributed by atoms with E-state index in [1.165, 1.54) is 29.2 Å². The SMILES string of the molecule is CC1CCCC(n2cnc(-c3cc(Cl)cc4cnn(Cc5ccccc5)c34)cc2=O)c2cc(ccn2)/C(NC(F)F)=C(/C=N)NC1=O. The van der Waals surface area contributed by atoms with Gasteiger partial charge in [-0.1, -0.05) is 55.3 Å². The van der Waals surface area contributed by atoms with E-state index in [1.807, 2.05) is 41.1 Å². The molecule has 0 aliphatic carbocycles. The fourth-order valence-electron chi connectivity index (χ4n) is 5.88. The molecule has 2 bridgehead atoms. The molecule has 2 aromatic carbocycles. The number of amides is 1. The zero-order valence-corrected chi connectivity index (χ0v) is 26.1. The van der Waals surface area contributed by atoms with Gasteiger partial charge in [0.1, 0.15) is 0 Å². The molecule has 4 heterocycles. The molecule has 3 aromatic heterocycles. The van der Waals surface area contributed by atoms with Crippen LogP contribution in [0.4, 0.5) is 8.78 Å². The normalized spacial score (nSPS) is 18.8. The highest BCUT2D eigenvalue weighted by Crippen LogP contribution is 2.32. The first kappa shape index (κ1) is 31.7. The molecule has 1 aliphatic rings. The highest BCUT2D eigenvalue weighted by atomic mass is 35.5. The van der Waals surface area contributed by atoms with Crippen LogP contribution in [0.1, 0.15) is 49.0 Å². The van der Waals surface area contributed by atoms with Crippen molar-refractivity contribution in [3.63, 3.8) is 0 Å². The first-order chi connectivity index (χ1) is 22.7. The zero-order valence-electron chi connectivity index (χ0n) is 25.3. The third kappa shape index (κ3) is 6.82. The van der Waals surface area contributed by atoms with Crippen molar-refractivity contribution in [1.29, 1.82) is 5.41 Å². The standard InChI is InChI=1S/C34H31ClF2N8O2/c1-20-6-5-9-29(27-13-22(10-11-39-27)31(43-34(36)37)28(16-38)42-33(20)47)44-19-40-26(15-30(44)46)25-14-24(35)12-23-17-41-45(32(23)25)18-21-7-3-2-4-8-21/h2-4,7-8,10-17,19-20,29,34,38,43H,5-6,9,18H2,1H3,(H,42,47)/b31-28+,38-16?. The number of halogens is 3. The maximum absolute atomic E-state index is 13.9. The van der Waals surface area contributed by atoms with E-state index >= 15 is 0 Å². The van der Waals surface area contributed by atoms with Crippen molar-refractivity contribution < 1.29 is 13.6 Å². The van der Waals surface area contributed by atoms with Gasteiger partial charge in [0.2, 0.25) is 5.91 Å². The molecule has 13 heteroatoms. The molecular weight excluding hydrogens is 626 g/mol. The van der Waals surface area contributed by atoms with Gasteiger partial charge in [0.05, 0.1) is 53.4 Å². The summed E-state index contributed by atoms with van der Waals surface area (Å²) in [5, 5.41) is 18.4. The number of carbonyl (C=O) groups excluding carboxylic acids is 1. The predicted molar refractivity (Wildman–Crippen MR) is 176 cm³/mol. The van der Waals surface area contributed by atoms with Crippen LogP contribution in [0, 0.1) is 11.3 Å². The summed E-state index contributed by atoms with van der Waals surface area (Å²) in [6.07, 6.45) is 6.90. The van der Waals surface area contributed by atoms with Gasteiger partial charge < -0.3 is 16.0 Å². The van der Waals surface area contributed by atoms with E-state index in [-0.39, 0.29) is 22.5 Å². The van der Waals surface area contributed by atoms with Gasteiger partial charge in [-0.25, -0.2) is 4.98 Å². The van der Waals surface area contributed by atoms with E-state index in [2.05, 4.69) is 20.7 Å². The van der Waals surface area contributed by atoms with E-state index in [0.29, 0.717) is 47.8 Å². The minimum Gasteiger partial charge on any atom is -0.327 e. The second kappa shape index (κ2) is 13.6. The number of carbonyl (C=O) groups is 1. The highest BCUT2D eigenvalue weighted by Gasteiger charge is 2.24. The summed E-state index contributed by atoms with van der Waals surface area (Å²) >= 11 is 6.49. The molecule has 47 heavy (non-hydrogen) atoms. The summed E-state index contributed by atoms with van der Waals surface area (Å²) in [7, 11) is 0. The number of benzene rings is 2. The molecule has 0 radical (unpaired) electrons. The quantitative estimate of drug-likeness (QED) is 0.145. The molecule has 2 unspecified atom stereocenters. The smallest absolute Gasteiger partial charge is 0.313 e. The molecule has 6 rings (SSSR count). The van der Waals surface area contributed by atoms with Crippen molar-refractivity contribution >= 4 is 40.3 Å². The number of fused-ring (bicyclic) bond motifs is 3. The zero-order chi connectivity index (χ0) is 33.1. The average Bonchev–Trinajstić information content (AvgIpc) is 3.46. The molecule has 1 aliphatic heterocycles. The summed E-state index contributed by atoms with van der Waals surface area (Å²) in [6.45, 7) is -0.727. The van der Waals surface area contributed by atoms with Gasteiger partial charge in [-0.15, -0.1) is 0 Å². The largest absolute Gasteiger partial charge is 0.327 e. The molecule has 0 saturated heterocycles. The Morgan fingerprint density at radius 1 is 1.11 bits per heavy atom. The molecule has 10 nitrogen and oxygen atoms in total. The molecule has 3 N–H and O–H groups in total. The predicted octanol–water partition coefficient (Wildman–Crippen LogP) is 6.01. The van der Waals surface area contributed by atoms with Gasteiger partial charge >= 0.3 is 6.55 Å². The topological polar surface area (TPSA) is 131 Å². The molecule has 0 saturated carbocycles. The number of allylic oxidation sites excluding steroid dienone is 1. The van der Waals surface area contributed by atoms with Crippen LogP contribution in [0.2, 0.25) is 5.02 Å². The van der Waals surface area contributed by atoms with Crippen LogP contribution in [0.25, 0.3) is 27.9 Å². The average molecular weight is 657 g/mol. The van der Waals surface area contributed by atoms with E-state index in [0.717, 1.165) is 22.7 Å². The van der Waals surface area contributed by atoms with Crippen molar-refractivity contribution in [3.05, 3.63) is 117 Å². The van der Waals surface area contributed by atoms with E-state index in [1.54, 1.807) is 25.3 Å². The van der Waals surface area contributed by atoms with Crippen LogP contribution >= 0.6 is 11.6 Å². The Morgan fingerprint density at radius 2 is 1.91 bits per heavy atom. The molecular formula is C34H31ClF2N8O2. The Bertz CT molecular complexity index is 2040. The lowest BCUT2D eigenvalue weighted by Crippen LogP contribution is -2.33. The number of nitrogens with zero attached hydrogens (tertiary/aromatic N) is 5. The fourth-order valence-corrected chi connectivity index (χ4v) is 6.10. The van der Waals surface area contributed by atoms with Crippen molar-refractivity contribution in [1.82, 2.24) is 34.9 Å². The van der Waals surface area contributed by atoms with E-state index < -0.39 is 24.4 Å². The van der Waals surface area contributed by atoms with E-state index in [4.69, 9.17) is 22.0 Å². The van der Waals surface area contributed by atoms with Crippen molar-refractivity contribution in [2.24, 2.45) is 5.92 Å². The summed E-state index contributed by atoms with van der Waals surface area (Å²) in [6, 6.07) is 17.4. The van der Waals surface area contributed by atoms with Crippen molar-refractivity contribution in [2.75, 3.05) is 0 Å². The first-order valence-electron chi connectivity index (χ1n) is 15.1. The van der Waals surface area contributed by atoms with Crippen LogP contribution in [-0.2, 0) is 11.3 Å². The van der Waals surface area contributed by atoms with Gasteiger partial charge in [-0.2, -0.15) is 13.9 Å². The van der Waals surface area contributed by atoms with Crippen molar-refractivity contribution in [3.8, 4) is 11.3 Å². The van der Waals surface area contributed by atoms with E-state index in [9.17, 15) is 18.4 Å². The summed E-state index contributed by atoms with van der Waals surface area (Å²) in [4.78, 5) is 36.0. The number of nitrogens with one attached hydrogen (secondary N) is 3. The second-order valence-electron chi connectivity index (χ2n) is 11.4. The fraction of sp³-hybridized carbons (Fsp3) is 0.235. The van der Waals surface area contributed by atoms with Crippen molar-refractivity contribution in [2.45, 2.75) is 45.3 Å². The molecule has 0 spiro atoms. The third-order valence-corrected chi connectivity index (χ3v) is 8.44. The Hall–Kier alpha value is -5.23. The molecule has 240 valence electrons. The molecule has 0 fully saturated rings. The minimum atomic E-state index is -2.96. The van der Waals surface area contributed by atoms with Crippen LogP contribution in [0.15, 0.2) is 89.9 Å². The number of hydrogen-bond donors (Lipinski definition) is 3. The summed E-state index contributed by atoms with van der Waals surface area (Å²) in [5.41, 5.74) is 3.04. The van der Waals surface area contributed by atoms with Gasteiger partial charge in [-0.3, -0.25) is 23.8 Å². The van der Waals surface area contributed by atoms with Crippen LogP contribution in [0.5, 0.6) is 0 Å². The Labute approximate surface area is 273 Å². The third-order valence-electron chi connectivity index (χ3n) is 8.22. The maximum Gasteiger partial charge on any atom is 0.313 e. The number of aromatic nitrogens is 5. The molecule has 5 aromatic rings. The minimum absolute atomic E-state index is 0.0982. The summed E-state index contributed by atoms with van der Waals surface area (Å²) < 4.78 is 30.6. The lowest BCUT2D eigenvalue weighted by Gasteiger charge is -2.23. The monoisotopic (exact) mass is 656 g/mol. The van der Waals surface area contributed by atoms with Gasteiger partial charge in [-0.05, 0) is 42.7 Å². The second-order valence-corrected chi connectivity index (χ2v) is 11.8. The Morgan fingerprint density at radius 3 is 2.66 bits per heavy atom. The Balaban J connectivity index is 1.43. The number of alkyl halides is 2. The van der Waals surface area contributed by atoms with Gasteiger partial charge in [0, 0.05) is 45.9 Å². The summed E-state index contributed by atoms with van der Waals surface area (Å²) in [5.74, 6) is -0.877. The Kier molecular flexibility index (Phi) is 9.21. The van der Waals surface area contributed by atoms with Crippen LogP contribution < -0.4 is 16.2 Å². The van der Waals surface area contributed by atoms with Gasteiger partial charge in [0.15, 0.2) is 0 Å². The molecule has 2 atom stereocenters. The number of hydrogen-bond acceptors (Lipinski definition) is 7. The van der Waals surface area contributed by atoms with Crippen LogP contribution in [-0.4, -0.2) is 43.0 Å². The first-order valence-corrected chi connectivity index (χ1v) is 15.4. The lowest BCUT2D eigenvalue weighted by atomic mass is 9.96. The number of pyridine rings is 1. The van der Waals surface area contributed by atoms with Crippen LogP contribution in [0.3, 0.4) is 0 Å². The number of rotatable bonds is 7. The molecule has 1 amide bonds. The maximum atomic E-state index is 13.9.